The van der Waals surface area contributed by atoms with Crippen molar-refractivity contribution in [3.05, 3.63) is 34.9 Å². The summed E-state index contributed by atoms with van der Waals surface area (Å²) in [7, 11) is 0. The molecule has 1 aromatic rings. The van der Waals surface area contributed by atoms with Crippen molar-refractivity contribution >= 4 is 17.4 Å². The van der Waals surface area contributed by atoms with Crippen LogP contribution >= 0.6 is 11.6 Å². The maximum absolute atomic E-state index is 11.5. The number of nitrogens with two attached hydrogens (primary N) is 1. The zero-order valence-electron chi connectivity index (χ0n) is 11.8. The van der Waals surface area contributed by atoms with Gasteiger partial charge in [-0.1, -0.05) is 32.0 Å². The second-order valence-corrected chi connectivity index (χ2v) is 3.98. The van der Waals surface area contributed by atoms with Gasteiger partial charge in [0, 0.05) is 6.20 Å². The van der Waals surface area contributed by atoms with Gasteiger partial charge in [-0.25, -0.2) is 4.79 Å². The number of halogens is 1. The highest BCUT2D eigenvalue weighted by molar-refractivity contribution is 6.25. The van der Waals surface area contributed by atoms with Crippen molar-refractivity contribution in [2.24, 2.45) is 0 Å². The number of rotatable bonds is 2. The fourth-order valence-corrected chi connectivity index (χ4v) is 1.67. The number of aromatic nitrogens is 2. The van der Waals surface area contributed by atoms with Crippen molar-refractivity contribution in [2.45, 2.75) is 39.0 Å². The van der Waals surface area contributed by atoms with Crippen LogP contribution in [-0.2, 0) is 4.74 Å². The van der Waals surface area contributed by atoms with E-state index in [1.807, 2.05) is 13.8 Å². The molecule has 20 heavy (non-hydrogen) atoms. The molecule has 0 aliphatic carbocycles. The molecular weight excluding hydrogens is 282 g/mol. The van der Waals surface area contributed by atoms with Gasteiger partial charge >= 0.3 is 5.69 Å². The number of nitrogen functional groups attached to an aromatic ring is 1. The maximum atomic E-state index is 11.5. The van der Waals surface area contributed by atoms with E-state index in [1.165, 1.54) is 10.1 Å². The molecule has 1 fully saturated rings. The molecule has 0 saturated carbocycles. The highest BCUT2D eigenvalue weighted by Gasteiger charge is 2.26. The Hall–Kier alpha value is -1.37. The van der Waals surface area contributed by atoms with Gasteiger partial charge < -0.3 is 15.6 Å². The Balaban J connectivity index is 0.000000641. The van der Waals surface area contributed by atoms with Crippen LogP contribution in [0.4, 0.5) is 5.82 Å². The predicted molar refractivity (Wildman–Crippen MR) is 80.5 cm³/mol. The first-order chi connectivity index (χ1) is 9.62. The number of aliphatic hydroxyl groups excluding tert-OH is 1. The zero-order chi connectivity index (χ0) is 15.5. The van der Waals surface area contributed by atoms with Crippen LogP contribution in [0.1, 0.15) is 32.9 Å². The standard InChI is InChI=1S/C9H13N3O3.C2H3Cl.C2H6/c10-7-3-4-12(9(14)11-7)8-2-1-6(5-13)15-8;1-2-3;1-2/h3-4,6,8,13H,1-2,5H2,(H2,10,11,14);2H,1H2;1-2H3/t6-,8?;;/m0../s1. The summed E-state index contributed by atoms with van der Waals surface area (Å²) >= 11 is 4.76. The largest absolute Gasteiger partial charge is 0.394 e. The summed E-state index contributed by atoms with van der Waals surface area (Å²) in [5.41, 5.74) is 6.18. The van der Waals surface area contributed by atoms with Crippen molar-refractivity contribution in [1.29, 1.82) is 0 Å². The van der Waals surface area contributed by atoms with Gasteiger partial charge in [0.05, 0.1) is 12.7 Å². The molecule has 1 saturated heterocycles. The molecule has 6 nitrogen and oxygen atoms in total. The van der Waals surface area contributed by atoms with Crippen molar-refractivity contribution in [3.8, 4) is 0 Å². The molecule has 0 aromatic carbocycles. The highest BCUT2D eigenvalue weighted by Crippen LogP contribution is 2.26. The number of aliphatic hydroxyl groups is 1. The molecule has 2 rings (SSSR count). The molecule has 0 radical (unpaired) electrons. The van der Waals surface area contributed by atoms with Crippen molar-refractivity contribution in [2.75, 3.05) is 12.3 Å². The summed E-state index contributed by atoms with van der Waals surface area (Å²) in [6.45, 7) is 7.11. The fraction of sp³-hybridized carbons (Fsp3) is 0.538. The molecule has 7 heteroatoms. The quantitative estimate of drug-likeness (QED) is 0.870. The minimum Gasteiger partial charge on any atom is -0.394 e. The summed E-state index contributed by atoms with van der Waals surface area (Å²) in [6, 6.07) is 1.55. The Labute approximate surface area is 123 Å². The van der Waals surface area contributed by atoms with Gasteiger partial charge in [0.25, 0.3) is 0 Å². The highest BCUT2D eigenvalue weighted by atomic mass is 35.5. The van der Waals surface area contributed by atoms with Crippen LogP contribution < -0.4 is 11.4 Å². The Morgan fingerprint density at radius 1 is 1.65 bits per heavy atom. The third kappa shape index (κ3) is 5.73. The van der Waals surface area contributed by atoms with Gasteiger partial charge in [0.1, 0.15) is 12.0 Å². The lowest BCUT2D eigenvalue weighted by Crippen LogP contribution is -2.27. The first-order valence-electron chi connectivity index (χ1n) is 6.44. The van der Waals surface area contributed by atoms with Crippen LogP contribution in [0.2, 0.25) is 0 Å². The topological polar surface area (TPSA) is 90.4 Å². The average molecular weight is 304 g/mol. The van der Waals surface area contributed by atoms with E-state index in [4.69, 9.17) is 27.2 Å². The van der Waals surface area contributed by atoms with Crippen LogP contribution in [-0.4, -0.2) is 27.4 Å². The lowest BCUT2D eigenvalue weighted by molar-refractivity contribution is -0.0245. The Kier molecular flexibility index (Phi) is 9.71. The van der Waals surface area contributed by atoms with E-state index in [1.54, 1.807) is 12.3 Å². The molecule has 0 amide bonds. The molecule has 2 heterocycles. The summed E-state index contributed by atoms with van der Waals surface area (Å²) < 4.78 is 6.84. The average Bonchev–Trinajstić information content (AvgIpc) is 2.90. The lowest BCUT2D eigenvalue weighted by Gasteiger charge is -2.14. The normalized spacial score (nSPS) is 20.2. The van der Waals surface area contributed by atoms with E-state index in [2.05, 4.69) is 11.6 Å². The molecule has 0 spiro atoms. The summed E-state index contributed by atoms with van der Waals surface area (Å²) in [4.78, 5) is 15.1. The molecule has 1 aromatic heterocycles. The smallest absolute Gasteiger partial charge is 0.351 e. The molecule has 1 aliphatic rings. The van der Waals surface area contributed by atoms with Gasteiger partial charge in [-0.15, -0.1) is 0 Å². The number of anilines is 1. The minimum absolute atomic E-state index is 0.0202. The zero-order valence-corrected chi connectivity index (χ0v) is 12.6. The van der Waals surface area contributed by atoms with Gasteiger partial charge in [-0.05, 0) is 24.4 Å². The van der Waals surface area contributed by atoms with Crippen LogP contribution in [0.25, 0.3) is 0 Å². The first-order valence-corrected chi connectivity index (χ1v) is 6.88. The SMILES string of the molecule is C=CCl.CC.Nc1ccn(C2CC[C@@H](CO)O2)c(=O)n1. The lowest BCUT2D eigenvalue weighted by atomic mass is 10.2. The van der Waals surface area contributed by atoms with E-state index in [-0.39, 0.29) is 24.8 Å². The second kappa shape index (κ2) is 10.4. The molecule has 0 bridgehead atoms. The fourth-order valence-electron chi connectivity index (χ4n) is 1.67. The molecule has 3 N–H and O–H groups in total. The Morgan fingerprint density at radius 3 is 2.70 bits per heavy atom. The molecule has 1 aliphatic heterocycles. The Morgan fingerprint density at radius 2 is 2.25 bits per heavy atom. The number of hydrogen-bond donors (Lipinski definition) is 2. The van der Waals surface area contributed by atoms with E-state index in [9.17, 15) is 4.79 Å². The summed E-state index contributed by atoms with van der Waals surface area (Å²) in [5.74, 6) is 0.202. The molecular formula is C13H22ClN3O3. The van der Waals surface area contributed by atoms with Crippen LogP contribution in [0.5, 0.6) is 0 Å². The monoisotopic (exact) mass is 303 g/mol. The van der Waals surface area contributed by atoms with Crippen molar-refractivity contribution in [1.82, 2.24) is 9.55 Å². The van der Waals surface area contributed by atoms with Crippen molar-refractivity contribution in [3.63, 3.8) is 0 Å². The summed E-state index contributed by atoms with van der Waals surface area (Å²) in [5, 5.41) is 8.90. The van der Waals surface area contributed by atoms with Crippen LogP contribution in [0, 0.1) is 0 Å². The summed E-state index contributed by atoms with van der Waals surface area (Å²) in [6.07, 6.45) is 2.51. The van der Waals surface area contributed by atoms with Gasteiger partial charge in [0.2, 0.25) is 0 Å². The molecule has 2 atom stereocenters. The van der Waals surface area contributed by atoms with Gasteiger partial charge in [-0.2, -0.15) is 4.98 Å². The van der Waals surface area contributed by atoms with Gasteiger partial charge in [-0.3, -0.25) is 4.57 Å². The number of nitrogens with zero attached hydrogens (tertiary/aromatic N) is 2. The Bertz CT molecular complexity index is 451. The second-order valence-electron chi connectivity index (χ2n) is 3.67. The van der Waals surface area contributed by atoms with Crippen LogP contribution in [0.3, 0.4) is 0 Å². The van der Waals surface area contributed by atoms with Gasteiger partial charge in [0.15, 0.2) is 0 Å². The number of ether oxygens (including phenoxy) is 1. The van der Waals surface area contributed by atoms with E-state index in [0.717, 1.165) is 6.42 Å². The third-order valence-corrected chi connectivity index (χ3v) is 2.45. The van der Waals surface area contributed by atoms with E-state index >= 15 is 0 Å². The van der Waals surface area contributed by atoms with E-state index < -0.39 is 5.69 Å². The minimum atomic E-state index is -0.418. The maximum Gasteiger partial charge on any atom is 0.351 e. The third-order valence-electron chi connectivity index (χ3n) is 2.45. The first kappa shape index (κ1) is 18.6. The molecule has 114 valence electrons. The number of hydrogen-bond acceptors (Lipinski definition) is 5. The van der Waals surface area contributed by atoms with E-state index in [0.29, 0.717) is 6.42 Å². The van der Waals surface area contributed by atoms with Crippen LogP contribution in [0.15, 0.2) is 29.2 Å². The van der Waals surface area contributed by atoms with Crippen molar-refractivity contribution < 1.29 is 9.84 Å². The molecule has 1 unspecified atom stereocenters. The predicted octanol–water partition coefficient (Wildman–Crippen LogP) is 1.89.